The molecular weight excluding hydrogens is 646 g/mol. The van der Waals surface area contributed by atoms with Crippen LogP contribution in [0.25, 0.3) is 0 Å². The maximum absolute atomic E-state index is 10.2. The van der Waals surface area contributed by atoms with Crippen molar-refractivity contribution in [1.82, 2.24) is 0 Å². The van der Waals surface area contributed by atoms with Crippen LogP contribution in [0.5, 0.6) is 0 Å². The van der Waals surface area contributed by atoms with Gasteiger partial charge in [0.2, 0.25) is 0 Å². The number of hydrogen-bond donors (Lipinski definition) is 12. The molecule has 8 rings (SSSR count). The summed E-state index contributed by atoms with van der Waals surface area (Å²) < 4.78 is 44.1. The molecule has 12 N–H and O–H groups in total. The maximum atomic E-state index is 10.2. The fraction of sp³-hybridized carbons (Fsp3) is 1.00. The molecule has 2 spiro atoms. The molecule has 2 unspecified atom stereocenters. The van der Waals surface area contributed by atoms with Gasteiger partial charge in [0.25, 0.3) is 13.1 Å². The summed E-state index contributed by atoms with van der Waals surface area (Å²) in [6.07, 6.45) is -12.4. The smallest absolute Gasteiger partial charge is 0.558 e. The van der Waals surface area contributed by atoms with Crippen LogP contribution in [0, 0.1) is 0 Å². The number of ether oxygens (including phenoxy) is 4. The molecule has 18 atom stereocenters. The molecule has 0 aromatic rings. The molecule has 0 bridgehead atoms. The van der Waals surface area contributed by atoms with Gasteiger partial charge in [0.15, 0.2) is 24.2 Å². The monoisotopic (exact) mass is 682 g/mol. The zero-order valence-corrected chi connectivity index (χ0v) is 25.9. The molecule has 45 heavy (non-hydrogen) atoms. The van der Waals surface area contributed by atoms with E-state index in [1.807, 2.05) is 0 Å². The maximum Gasteiger partial charge on any atom is 2.00 e. The summed E-state index contributed by atoms with van der Waals surface area (Å²) >= 11 is 0. The molecule has 8 aliphatic heterocycles. The van der Waals surface area contributed by atoms with Crippen LogP contribution in [-0.2, 0) is 37.6 Å². The molecular formula is C22H36B2CaO20. The molecule has 252 valence electrons. The molecule has 0 aromatic carbocycles. The second kappa shape index (κ2) is 11.3. The molecule has 8 heterocycles. The Kier molecular flexibility index (Phi) is 8.89. The summed E-state index contributed by atoms with van der Waals surface area (Å²) in [7, 11) is 0. The number of aliphatic hydroxyl groups excluding tert-OH is 12. The first-order chi connectivity index (χ1) is 20.8. The van der Waals surface area contributed by atoms with E-state index in [-0.39, 0.29) is 37.7 Å². The normalized spacial score (nSPS) is 61.1. The summed E-state index contributed by atoms with van der Waals surface area (Å²) in [6.45, 7) is -8.10. The van der Waals surface area contributed by atoms with E-state index >= 15 is 0 Å². The van der Waals surface area contributed by atoms with Crippen molar-refractivity contribution in [3.05, 3.63) is 0 Å². The second-order valence-corrected chi connectivity index (χ2v) is 12.8. The Morgan fingerprint density at radius 2 is 0.844 bits per heavy atom. The largest absolute Gasteiger partial charge is 2.00 e. The fourth-order valence-electron chi connectivity index (χ4n) is 8.79. The van der Waals surface area contributed by atoms with Crippen LogP contribution in [0.1, 0.15) is 0 Å². The van der Waals surface area contributed by atoms with Gasteiger partial charge < -0.3 is 98.8 Å². The van der Waals surface area contributed by atoms with Gasteiger partial charge >= 0.3 is 37.7 Å². The molecule has 8 aliphatic rings. The van der Waals surface area contributed by atoms with Crippen molar-refractivity contribution in [3.8, 4) is 0 Å². The average Bonchev–Trinajstić information content (AvgIpc) is 3.33. The summed E-state index contributed by atoms with van der Waals surface area (Å²) in [5, 5.41) is 116. The van der Waals surface area contributed by atoms with E-state index in [1.54, 1.807) is 0 Å². The van der Waals surface area contributed by atoms with E-state index in [0.29, 0.717) is 0 Å². The van der Waals surface area contributed by atoms with Gasteiger partial charge in [-0.1, -0.05) is 11.6 Å². The molecule has 20 nitrogen and oxygen atoms in total. The zero-order chi connectivity index (χ0) is 31.8. The Labute approximate surface area is 283 Å². The van der Waals surface area contributed by atoms with Gasteiger partial charge in [0.1, 0.15) is 24.4 Å². The summed E-state index contributed by atoms with van der Waals surface area (Å²) in [5.41, 5.74) is -2.71. The van der Waals surface area contributed by atoms with Crippen LogP contribution in [-0.4, -0.2) is 236 Å². The van der Waals surface area contributed by atoms with Crippen molar-refractivity contribution in [1.29, 1.82) is 0 Å². The summed E-state index contributed by atoms with van der Waals surface area (Å²) in [6, 6.07) is 0. The first-order valence-electron chi connectivity index (χ1n) is 14.3. The zero-order valence-electron chi connectivity index (χ0n) is 23.7. The fourth-order valence-corrected chi connectivity index (χ4v) is 8.79. The second-order valence-electron chi connectivity index (χ2n) is 12.8. The van der Waals surface area contributed by atoms with Crippen LogP contribution < -0.4 is 0 Å². The van der Waals surface area contributed by atoms with Crippen molar-refractivity contribution >= 4 is 50.8 Å². The predicted molar refractivity (Wildman–Crippen MR) is 138 cm³/mol. The van der Waals surface area contributed by atoms with Gasteiger partial charge in [-0.2, -0.15) is 0 Å². The Morgan fingerprint density at radius 1 is 0.489 bits per heavy atom. The van der Waals surface area contributed by atoms with Crippen LogP contribution in [0.3, 0.4) is 0 Å². The standard InChI is InChI=1S/2C11H18BO10.Ca/c2*13-1-4-5(16)7-10(2-14,19-4)12(7)21-8-6(17)9(18)20-11(8,3-15)22-12;/h2*4-9,13-18H,1-3H2;/q2*-1;+2/t2*4-,5-,6+,7+,8+,9+,10-,11+,12?;/m11./s1. The van der Waals surface area contributed by atoms with Gasteiger partial charge in [0, 0.05) is 24.2 Å². The minimum Gasteiger partial charge on any atom is -0.558 e. The van der Waals surface area contributed by atoms with Crippen molar-refractivity contribution in [2.75, 3.05) is 39.6 Å². The molecule has 8 saturated heterocycles. The van der Waals surface area contributed by atoms with E-state index in [2.05, 4.69) is 0 Å². The third kappa shape index (κ3) is 4.09. The van der Waals surface area contributed by atoms with Gasteiger partial charge in [-0.15, -0.1) is 0 Å². The SMILES string of the molecule is OC[C@H]1O[C@]2(CO)[C@H]([C@@H]1O)[B-]21O[C@H]2[C@H](O)[C@@H](O)O[C@@]2(CO)O1.OC[C@H]1O[C@]2(CO)[C@H]([C@@H]1O)[B-]21O[C@H]2[C@H](O)[C@@H](O)O[C@@]2(CO)O1.[Ca+2]. The van der Waals surface area contributed by atoms with Crippen LogP contribution in [0.15, 0.2) is 0 Å². The average molecular weight is 682 g/mol. The van der Waals surface area contributed by atoms with E-state index < -0.39 is 148 Å². The Morgan fingerprint density at radius 3 is 1.09 bits per heavy atom. The number of fused-ring (bicyclic) bond motifs is 8. The summed E-state index contributed by atoms with van der Waals surface area (Å²) in [4.78, 5) is 0. The van der Waals surface area contributed by atoms with Gasteiger partial charge in [-0.25, -0.2) is 0 Å². The Bertz CT molecular complexity index is 1080. The van der Waals surface area contributed by atoms with E-state index in [4.69, 9.17) is 37.6 Å². The number of rotatable bonds is 6. The molecule has 23 heteroatoms. The first kappa shape index (κ1) is 35.4. The minimum absolute atomic E-state index is 0. The summed E-state index contributed by atoms with van der Waals surface area (Å²) in [5.74, 6) is -5.06. The van der Waals surface area contributed by atoms with Crippen LogP contribution in [0.2, 0.25) is 11.6 Å². The first-order valence-corrected chi connectivity index (χ1v) is 14.3. The van der Waals surface area contributed by atoms with Crippen molar-refractivity contribution in [2.24, 2.45) is 0 Å². The molecule has 8 fully saturated rings. The Hall–Kier alpha value is 0.590. The number of hydrogen-bond acceptors (Lipinski definition) is 20. The molecule has 0 radical (unpaired) electrons. The third-order valence-electron chi connectivity index (χ3n) is 10.9. The molecule has 0 aliphatic carbocycles. The topological polar surface area (TPSA) is 317 Å². The van der Waals surface area contributed by atoms with Gasteiger partial charge in [-0.3, -0.25) is 0 Å². The van der Waals surface area contributed by atoms with E-state index in [9.17, 15) is 61.3 Å². The van der Waals surface area contributed by atoms with Crippen molar-refractivity contribution < 1.29 is 98.8 Å². The van der Waals surface area contributed by atoms with E-state index in [1.165, 1.54) is 0 Å². The molecule has 0 amide bonds. The molecule has 0 aromatic heterocycles. The number of aliphatic hydroxyl groups is 12. The van der Waals surface area contributed by atoms with E-state index in [0.717, 1.165) is 0 Å². The quantitative estimate of drug-likeness (QED) is 0.116. The third-order valence-corrected chi connectivity index (χ3v) is 10.9. The minimum atomic E-state index is -2.40. The van der Waals surface area contributed by atoms with Crippen LogP contribution in [0.4, 0.5) is 0 Å². The van der Waals surface area contributed by atoms with Gasteiger partial charge in [-0.05, 0) is 0 Å². The van der Waals surface area contributed by atoms with Gasteiger partial charge in [0.05, 0.1) is 50.8 Å². The molecule has 0 saturated carbocycles. The Balaban J connectivity index is 0.000000155. The van der Waals surface area contributed by atoms with Crippen molar-refractivity contribution in [2.45, 2.75) is 95.6 Å². The van der Waals surface area contributed by atoms with Crippen molar-refractivity contribution in [3.63, 3.8) is 0 Å². The predicted octanol–water partition coefficient (Wildman–Crippen LogP) is -9.08. The van der Waals surface area contributed by atoms with Crippen LogP contribution >= 0.6 is 0 Å².